The summed E-state index contributed by atoms with van der Waals surface area (Å²) in [5.74, 6) is -0.0735. The van der Waals surface area contributed by atoms with Crippen LogP contribution in [0.25, 0.3) is 16.8 Å². The lowest BCUT2D eigenvalue weighted by molar-refractivity contribution is -0.136. The van der Waals surface area contributed by atoms with Gasteiger partial charge in [0.15, 0.2) is 0 Å². The van der Waals surface area contributed by atoms with E-state index in [0.717, 1.165) is 76.1 Å². The number of ether oxygens (including phenoxy) is 1. The zero-order chi connectivity index (χ0) is 43.7. The maximum atomic E-state index is 15.8. The van der Waals surface area contributed by atoms with Crippen molar-refractivity contribution in [3.8, 4) is 17.0 Å². The van der Waals surface area contributed by atoms with Crippen LogP contribution in [-0.4, -0.2) is 98.2 Å². The molecule has 2 aromatic carbocycles. The first kappa shape index (κ1) is 42.2. The van der Waals surface area contributed by atoms with Crippen LogP contribution in [0.1, 0.15) is 90.5 Å². The van der Waals surface area contributed by atoms with Crippen LogP contribution in [0, 0.1) is 11.2 Å². The molecule has 1 spiro atoms. The molecule has 4 amide bonds. The summed E-state index contributed by atoms with van der Waals surface area (Å²) in [5.41, 5.74) is 9.35. The molecule has 0 aliphatic carbocycles. The summed E-state index contributed by atoms with van der Waals surface area (Å²) >= 11 is 6.02. The second-order valence-corrected chi connectivity index (χ2v) is 17.6. The molecule has 17 heteroatoms. The molecular formula is C46H50ClFN10O5. The van der Waals surface area contributed by atoms with Crippen LogP contribution in [0.4, 0.5) is 22.0 Å². The molecule has 0 bridgehead atoms. The quantitative estimate of drug-likeness (QED) is 0.0772. The first-order chi connectivity index (χ1) is 30.5. The van der Waals surface area contributed by atoms with Crippen molar-refractivity contribution in [3.63, 3.8) is 0 Å². The van der Waals surface area contributed by atoms with Crippen LogP contribution in [0.2, 0.25) is 5.02 Å². The van der Waals surface area contributed by atoms with E-state index in [1.165, 1.54) is 37.6 Å². The third-order valence-corrected chi connectivity index (χ3v) is 13.1. The van der Waals surface area contributed by atoms with Gasteiger partial charge < -0.3 is 30.5 Å². The minimum atomic E-state index is -0.622. The number of unbranched alkanes of at least 4 members (excludes halogenated alkanes) is 5. The molecule has 15 nitrogen and oxygen atoms in total. The van der Waals surface area contributed by atoms with Gasteiger partial charge >= 0.3 is 0 Å². The van der Waals surface area contributed by atoms with Gasteiger partial charge in [0.2, 0.25) is 17.8 Å². The summed E-state index contributed by atoms with van der Waals surface area (Å²) in [7, 11) is 0. The molecule has 3 fully saturated rings. The molecule has 9 rings (SSSR count). The van der Waals surface area contributed by atoms with Crippen LogP contribution in [0.15, 0.2) is 67.1 Å². The fraction of sp³-hybridized carbons (Fsp3) is 0.413. The van der Waals surface area contributed by atoms with Crippen LogP contribution in [0.3, 0.4) is 0 Å². The van der Waals surface area contributed by atoms with Crippen molar-refractivity contribution in [3.05, 3.63) is 94.7 Å². The highest BCUT2D eigenvalue weighted by molar-refractivity contribution is 6.30. The van der Waals surface area contributed by atoms with E-state index in [4.69, 9.17) is 27.1 Å². The van der Waals surface area contributed by atoms with Gasteiger partial charge in [0.25, 0.3) is 11.8 Å². The third kappa shape index (κ3) is 8.91. The number of piperidine rings is 2. The summed E-state index contributed by atoms with van der Waals surface area (Å²) in [4.78, 5) is 69.4. The average molecular weight is 877 g/mol. The Morgan fingerprint density at radius 3 is 2.51 bits per heavy atom. The molecule has 4 N–H and O–H groups in total. The van der Waals surface area contributed by atoms with Crippen LogP contribution < -0.4 is 26.0 Å². The highest BCUT2D eigenvalue weighted by Crippen LogP contribution is 2.42. The maximum absolute atomic E-state index is 15.8. The number of halogens is 2. The number of likely N-dealkylation sites (tertiary alicyclic amines) is 1. The van der Waals surface area contributed by atoms with Gasteiger partial charge in [-0.3, -0.25) is 28.9 Å². The van der Waals surface area contributed by atoms with Gasteiger partial charge in [-0.15, -0.1) is 0 Å². The number of pyridine rings is 1. The molecule has 5 aromatic rings. The SMILES string of the molecule is Nc1nccn2c(N3CCC4(CC3)CN(CCCCCCCCOc3ccc5c(c3)CN(C3CCC(=O)NC3=O)C5=O)C4)nc(-c3ccc(C(=O)Nc4cc(Cl)ccn4)cc3F)c12. The standard InChI is InChI=1S/C46H50ClFN10O5/c47-31-13-16-50-37(25-31)52-42(60)29-7-9-34(35(48)24-29)39-40-41(49)51-17-21-57(40)45(54-39)56-19-14-46(15-20-56)27-55(28-46)18-5-3-1-2-4-6-22-63-32-8-10-33-30(23-32)26-58(44(33)62)36-11-12-38(59)53-43(36)61/h7-10,13,16-17,21,23-25,36H,1-6,11-12,14-15,18-20,22,26-28H2,(H2,49,51)(H,50,52,60)(H,53,59,61). The zero-order valence-corrected chi connectivity index (χ0v) is 35.7. The Hall–Kier alpha value is -6.13. The second-order valence-electron chi connectivity index (χ2n) is 17.2. The average Bonchev–Trinajstić information content (AvgIpc) is 3.80. The van der Waals surface area contributed by atoms with E-state index in [-0.39, 0.29) is 41.0 Å². The molecular weight excluding hydrogens is 827 g/mol. The molecule has 4 aliphatic heterocycles. The summed E-state index contributed by atoms with van der Waals surface area (Å²) in [5, 5.41) is 5.41. The summed E-state index contributed by atoms with van der Waals surface area (Å²) in [6, 6.07) is 12.3. The lowest BCUT2D eigenvalue weighted by Gasteiger charge is -2.54. The van der Waals surface area contributed by atoms with Gasteiger partial charge in [-0.25, -0.2) is 19.3 Å². The monoisotopic (exact) mass is 876 g/mol. The van der Waals surface area contributed by atoms with E-state index in [9.17, 15) is 19.2 Å². The van der Waals surface area contributed by atoms with Crippen molar-refractivity contribution >= 4 is 58.3 Å². The van der Waals surface area contributed by atoms with Crippen LogP contribution in [0.5, 0.6) is 5.75 Å². The van der Waals surface area contributed by atoms with Crippen molar-refractivity contribution in [2.75, 3.05) is 55.3 Å². The number of hydrogen-bond acceptors (Lipinski definition) is 11. The van der Waals surface area contributed by atoms with E-state index < -0.39 is 23.7 Å². The van der Waals surface area contributed by atoms with Gasteiger partial charge in [0.1, 0.15) is 40.5 Å². The van der Waals surface area contributed by atoms with E-state index in [1.54, 1.807) is 41.6 Å². The molecule has 1 atom stereocenters. The Kier molecular flexibility index (Phi) is 12.0. The van der Waals surface area contributed by atoms with E-state index in [2.05, 4.69) is 30.4 Å². The number of nitrogen functional groups attached to an aromatic ring is 1. The van der Waals surface area contributed by atoms with E-state index >= 15 is 4.39 Å². The van der Waals surface area contributed by atoms with E-state index in [0.29, 0.717) is 52.7 Å². The number of aromatic nitrogens is 4. The molecule has 0 saturated carbocycles. The number of imidazole rings is 1. The first-order valence-electron chi connectivity index (χ1n) is 21.8. The van der Waals surface area contributed by atoms with Crippen molar-refractivity contribution in [2.24, 2.45) is 5.41 Å². The minimum Gasteiger partial charge on any atom is -0.494 e. The van der Waals surface area contributed by atoms with Gasteiger partial charge in [-0.05, 0) is 98.2 Å². The summed E-state index contributed by atoms with van der Waals surface area (Å²) in [6.07, 6.45) is 14.4. The highest BCUT2D eigenvalue weighted by Gasteiger charge is 2.45. The number of rotatable bonds is 15. The Labute approximate surface area is 369 Å². The van der Waals surface area contributed by atoms with Gasteiger partial charge in [-0.1, -0.05) is 37.3 Å². The number of hydrogen-bond donors (Lipinski definition) is 3. The number of imide groups is 1. The van der Waals surface area contributed by atoms with Crippen molar-refractivity contribution in [2.45, 2.75) is 76.8 Å². The minimum absolute atomic E-state index is 0.126. The van der Waals surface area contributed by atoms with Gasteiger partial charge in [0, 0.05) is 79.4 Å². The molecule has 3 saturated heterocycles. The number of anilines is 3. The number of nitrogens with one attached hydrogen (secondary N) is 2. The number of nitrogens with zero attached hydrogens (tertiary/aromatic N) is 7. The predicted molar refractivity (Wildman–Crippen MR) is 236 cm³/mol. The van der Waals surface area contributed by atoms with E-state index in [1.807, 2.05) is 16.5 Å². The highest BCUT2D eigenvalue weighted by atomic mass is 35.5. The Morgan fingerprint density at radius 1 is 0.952 bits per heavy atom. The summed E-state index contributed by atoms with van der Waals surface area (Å²) < 4.78 is 23.7. The molecule has 0 radical (unpaired) electrons. The molecule has 63 heavy (non-hydrogen) atoms. The van der Waals surface area contributed by atoms with Gasteiger partial charge in [0.05, 0.1) is 6.61 Å². The maximum Gasteiger partial charge on any atom is 0.256 e. The zero-order valence-electron chi connectivity index (χ0n) is 35.0. The fourth-order valence-corrected chi connectivity index (χ4v) is 9.66. The number of carbonyl (C=O) groups excluding carboxylic acids is 4. The number of fused-ring (bicyclic) bond motifs is 2. The van der Waals surface area contributed by atoms with Crippen molar-refractivity contribution in [1.29, 1.82) is 0 Å². The topological polar surface area (TPSA) is 180 Å². The largest absolute Gasteiger partial charge is 0.494 e. The molecule has 3 aromatic heterocycles. The lowest BCUT2D eigenvalue weighted by Crippen LogP contribution is -2.60. The third-order valence-electron chi connectivity index (χ3n) is 12.9. The predicted octanol–water partition coefficient (Wildman–Crippen LogP) is 6.50. The number of amides is 4. The summed E-state index contributed by atoms with van der Waals surface area (Å²) in [6.45, 7) is 5.92. The number of carbonyl (C=O) groups is 4. The van der Waals surface area contributed by atoms with Crippen LogP contribution in [-0.2, 0) is 16.1 Å². The Balaban J connectivity index is 0.688. The Bertz CT molecular complexity index is 2570. The number of nitrogens with two attached hydrogens (primary N) is 1. The smallest absolute Gasteiger partial charge is 0.256 e. The molecule has 1 unspecified atom stereocenters. The normalized spacial score (nSPS) is 18.4. The molecule has 4 aliphatic rings. The van der Waals surface area contributed by atoms with Crippen LogP contribution >= 0.6 is 11.6 Å². The molecule has 7 heterocycles. The molecule has 328 valence electrons. The Morgan fingerprint density at radius 2 is 1.73 bits per heavy atom. The second kappa shape index (κ2) is 17.9. The fourth-order valence-electron chi connectivity index (χ4n) is 9.50. The first-order valence-corrected chi connectivity index (χ1v) is 22.1. The van der Waals surface area contributed by atoms with Crippen molar-refractivity contribution < 1.29 is 28.3 Å². The van der Waals surface area contributed by atoms with Crippen molar-refractivity contribution in [1.82, 2.24) is 34.5 Å². The lowest BCUT2D eigenvalue weighted by atomic mass is 9.72. The number of benzene rings is 2. The van der Waals surface area contributed by atoms with Gasteiger partial charge in [-0.2, -0.15) is 0 Å².